The summed E-state index contributed by atoms with van der Waals surface area (Å²) >= 11 is 5.58. The molecule has 90 valence electrons. The summed E-state index contributed by atoms with van der Waals surface area (Å²) in [6, 6.07) is 0.434. The Bertz CT molecular complexity index is 346. The van der Waals surface area contributed by atoms with Gasteiger partial charge in [0.05, 0.1) is 25.4 Å². The van der Waals surface area contributed by atoms with Crippen molar-refractivity contribution in [2.75, 3.05) is 24.6 Å². The van der Waals surface area contributed by atoms with Gasteiger partial charge in [-0.25, -0.2) is 0 Å². The van der Waals surface area contributed by atoms with Crippen molar-refractivity contribution in [3.8, 4) is 0 Å². The lowest BCUT2D eigenvalue weighted by Crippen LogP contribution is -2.48. The zero-order chi connectivity index (χ0) is 11.5. The van der Waals surface area contributed by atoms with Gasteiger partial charge >= 0.3 is 6.01 Å². The van der Waals surface area contributed by atoms with Crippen molar-refractivity contribution in [3.05, 3.63) is 5.89 Å². The van der Waals surface area contributed by atoms with Crippen LogP contribution in [-0.4, -0.2) is 47.2 Å². The Kier molecular flexibility index (Phi) is 3.63. The van der Waals surface area contributed by atoms with Crippen molar-refractivity contribution in [2.24, 2.45) is 0 Å². The summed E-state index contributed by atoms with van der Waals surface area (Å²) in [6.07, 6.45) is -0.188. The molecule has 0 amide bonds. The van der Waals surface area contributed by atoms with Crippen LogP contribution in [0.1, 0.15) is 12.8 Å². The standard InChI is InChI=1S/C9H14ClN3O3/c1-6-3-13(4-7(5-14)15-6)9-12-11-8(2-10)16-9/h6-7,14H,2-5H2,1H3. The van der Waals surface area contributed by atoms with Gasteiger partial charge in [0.2, 0.25) is 5.89 Å². The quantitative estimate of drug-likeness (QED) is 0.780. The van der Waals surface area contributed by atoms with Crippen LogP contribution < -0.4 is 4.90 Å². The molecular formula is C9H14ClN3O3. The fraction of sp³-hybridized carbons (Fsp3) is 0.778. The molecule has 2 unspecified atom stereocenters. The van der Waals surface area contributed by atoms with Crippen molar-refractivity contribution in [3.63, 3.8) is 0 Å². The molecule has 16 heavy (non-hydrogen) atoms. The van der Waals surface area contributed by atoms with E-state index in [2.05, 4.69) is 10.2 Å². The third-order valence-corrected chi connectivity index (χ3v) is 2.60. The van der Waals surface area contributed by atoms with Crippen LogP contribution in [0.3, 0.4) is 0 Å². The Labute approximate surface area is 98.2 Å². The molecule has 1 aliphatic heterocycles. The minimum atomic E-state index is -0.213. The zero-order valence-corrected chi connectivity index (χ0v) is 9.72. The Morgan fingerprint density at radius 1 is 1.50 bits per heavy atom. The van der Waals surface area contributed by atoms with E-state index in [4.69, 9.17) is 25.9 Å². The lowest BCUT2D eigenvalue weighted by molar-refractivity contribution is -0.0432. The maximum atomic E-state index is 9.09. The number of anilines is 1. The molecule has 7 heteroatoms. The summed E-state index contributed by atoms with van der Waals surface area (Å²) < 4.78 is 10.9. The normalized spacial score (nSPS) is 26.1. The van der Waals surface area contributed by atoms with E-state index >= 15 is 0 Å². The van der Waals surface area contributed by atoms with Crippen LogP contribution in [0.25, 0.3) is 0 Å². The number of aliphatic hydroxyl groups excluding tert-OH is 1. The van der Waals surface area contributed by atoms with Gasteiger partial charge in [-0.3, -0.25) is 0 Å². The second-order valence-electron chi connectivity index (χ2n) is 3.77. The molecule has 1 aliphatic rings. The Balaban J connectivity index is 2.07. The van der Waals surface area contributed by atoms with E-state index in [1.54, 1.807) is 0 Å². The molecule has 1 fully saturated rings. The van der Waals surface area contributed by atoms with Gasteiger partial charge in [-0.15, -0.1) is 16.7 Å². The first-order valence-corrected chi connectivity index (χ1v) is 5.66. The lowest BCUT2D eigenvalue weighted by atomic mass is 10.2. The average molecular weight is 248 g/mol. The number of morpholine rings is 1. The second-order valence-corrected chi connectivity index (χ2v) is 4.04. The first kappa shape index (κ1) is 11.6. The molecular weight excluding hydrogens is 234 g/mol. The second kappa shape index (κ2) is 4.99. The van der Waals surface area contributed by atoms with Crippen molar-refractivity contribution >= 4 is 17.6 Å². The maximum Gasteiger partial charge on any atom is 0.318 e. The molecule has 1 N–H and O–H groups in total. The summed E-state index contributed by atoms with van der Waals surface area (Å²) in [4.78, 5) is 1.90. The van der Waals surface area contributed by atoms with Gasteiger partial charge in [0.15, 0.2) is 0 Å². The van der Waals surface area contributed by atoms with Gasteiger partial charge < -0.3 is 19.2 Å². The van der Waals surface area contributed by atoms with Crippen LogP contribution in [0.15, 0.2) is 4.42 Å². The van der Waals surface area contributed by atoms with Gasteiger partial charge in [-0.2, -0.15) is 0 Å². The van der Waals surface area contributed by atoms with E-state index in [9.17, 15) is 0 Å². The van der Waals surface area contributed by atoms with Gasteiger partial charge in [0.1, 0.15) is 5.88 Å². The summed E-state index contributed by atoms with van der Waals surface area (Å²) in [5.74, 6) is 0.604. The Morgan fingerprint density at radius 2 is 2.31 bits per heavy atom. The minimum absolute atomic E-state index is 0.0165. The summed E-state index contributed by atoms with van der Waals surface area (Å²) in [5.41, 5.74) is 0. The predicted octanol–water partition coefficient (Wildman–Crippen LogP) is 0.394. The number of alkyl halides is 1. The van der Waals surface area contributed by atoms with Crippen molar-refractivity contribution < 1.29 is 14.3 Å². The van der Waals surface area contributed by atoms with Crippen molar-refractivity contribution in [1.29, 1.82) is 0 Å². The van der Waals surface area contributed by atoms with E-state index < -0.39 is 0 Å². The van der Waals surface area contributed by atoms with E-state index in [1.807, 2.05) is 11.8 Å². The molecule has 1 saturated heterocycles. The van der Waals surface area contributed by atoms with Crippen LogP contribution in [0.5, 0.6) is 0 Å². The highest BCUT2D eigenvalue weighted by Crippen LogP contribution is 2.19. The molecule has 0 spiro atoms. The zero-order valence-electron chi connectivity index (χ0n) is 8.97. The Morgan fingerprint density at radius 3 is 2.94 bits per heavy atom. The third-order valence-electron chi connectivity index (χ3n) is 2.37. The predicted molar refractivity (Wildman–Crippen MR) is 57.5 cm³/mol. The fourth-order valence-electron chi connectivity index (χ4n) is 1.73. The molecule has 2 atom stereocenters. The first-order valence-electron chi connectivity index (χ1n) is 5.12. The number of rotatable bonds is 3. The molecule has 2 rings (SSSR count). The molecule has 2 heterocycles. The third kappa shape index (κ3) is 2.45. The molecule has 0 bridgehead atoms. The number of aromatic nitrogens is 2. The molecule has 0 aromatic carbocycles. The highest BCUT2D eigenvalue weighted by Gasteiger charge is 2.27. The largest absolute Gasteiger partial charge is 0.407 e. The van der Waals surface area contributed by atoms with Crippen LogP contribution >= 0.6 is 11.6 Å². The number of hydrogen-bond acceptors (Lipinski definition) is 6. The monoisotopic (exact) mass is 247 g/mol. The summed E-state index contributed by atoms with van der Waals surface area (Å²) in [5, 5.41) is 16.8. The minimum Gasteiger partial charge on any atom is -0.407 e. The molecule has 0 radical (unpaired) electrons. The van der Waals surface area contributed by atoms with E-state index in [1.165, 1.54) is 0 Å². The number of ether oxygens (including phenoxy) is 1. The molecule has 1 aromatic rings. The molecule has 0 aliphatic carbocycles. The molecule has 6 nitrogen and oxygen atoms in total. The van der Waals surface area contributed by atoms with Crippen LogP contribution in [0.4, 0.5) is 6.01 Å². The topological polar surface area (TPSA) is 71.6 Å². The summed E-state index contributed by atoms with van der Waals surface area (Å²) in [7, 11) is 0. The van der Waals surface area contributed by atoms with Gasteiger partial charge in [-0.05, 0) is 6.92 Å². The summed E-state index contributed by atoms with van der Waals surface area (Å²) in [6.45, 7) is 3.14. The smallest absolute Gasteiger partial charge is 0.318 e. The van der Waals surface area contributed by atoms with E-state index in [0.717, 1.165) is 0 Å². The maximum absolute atomic E-state index is 9.09. The van der Waals surface area contributed by atoms with Crippen LogP contribution in [0, 0.1) is 0 Å². The highest BCUT2D eigenvalue weighted by molar-refractivity contribution is 6.16. The number of hydrogen-bond donors (Lipinski definition) is 1. The van der Waals surface area contributed by atoms with Gasteiger partial charge in [0.25, 0.3) is 0 Å². The molecule has 0 saturated carbocycles. The number of aliphatic hydroxyl groups is 1. The van der Waals surface area contributed by atoms with Crippen molar-refractivity contribution in [2.45, 2.75) is 25.0 Å². The van der Waals surface area contributed by atoms with Gasteiger partial charge in [-0.1, -0.05) is 5.10 Å². The lowest BCUT2D eigenvalue weighted by Gasteiger charge is -2.34. The SMILES string of the molecule is CC1CN(c2nnc(CCl)o2)CC(CO)O1. The molecule has 1 aromatic heterocycles. The van der Waals surface area contributed by atoms with Crippen LogP contribution in [-0.2, 0) is 10.6 Å². The van der Waals surface area contributed by atoms with E-state index in [0.29, 0.717) is 25.0 Å². The highest BCUT2D eigenvalue weighted by atomic mass is 35.5. The number of halogens is 1. The van der Waals surface area contributed by atoms with Crippen molar-refractivity contribution in [1.82, 2.24) is 10.2 Å². The fourth-order valence-corrected chi connectivity index (χ4v) is 1.84. The first-order chi connectivity index (χ1) is 7.72. The van der Waals surface area contributed by atoms with E-state index in [-0.39, 0.29) is 24.7 Å². The number of nitrogens with zero attached hydrogens (tertiary/aromatic N) is 3. The van der Waals surface area contributed by atoms with Gasteiger partial charge in [0, 0.05) is 6.54 Å². The van der Waals surface area contributed by atoms with Crippen LogP contribution in [0.2, 0.25) is 0 Å². The average Bonchev–Trinajstić information content (AvgIpc) is 2.76. The Hall–Kier alpha value is -0.850.